The van der Waals surface area contributed by atoms with Crippen molar-refractivity contribution >= 4 is 22.2 Å². The minimum atomic E-state index is -1.09. The van der Waals surface area contributed by atoms with Crippen molar-refractivity contribution in [1.82, 2.24) is 10.3 Å². The number of hydrogen-bond donors (Lipinski definition) is 2. The van der Waals surface area contributed by atoms with Gasteiger partial charge < -0.3 is 10.3 Å². The second kappa shape index (κ2) is 4.47. The van der Waals surface area contributed by atoms with E-state index in [1.54, 1.807) is 18.3 Å². The maximum Gasteiger partial charge on any atom is 0.270 e. The Morgan fingerprint density at radius 3 is 3.00 bits per heavy atom. The monoisotopic (exact) mass is 261 g/mol. The lowest BCUT2D eigenvalue weighted by Gasteiger charge is -2.18. The van der Waals surface area contributed by atoms with Crippen LogP contribution < -0.4 is 5.32 Å². The summed E-state index contributed by atoms with van der Waals surface area (Å²) in [6.45, 7) is 0.880. The molecule has 2 aromatic rings. The van der Waals surface area contributed by atoms with Crippen molar-refractivity contribution in [3.05, 3.63) is 46.1 Å². The van der Waals surface area contributed by atoms with Crippen LogP contribution in [0.3, 0.4) is 0 Å². The summed E-state index contributed by atoms with van der Waals surface area (Å²) in [4.78, 5) is 13.4. The predicted octanol–water partition coefficient (Wildman–Crippen LogP) is 2.40. The molecule has 0 spiro atoms. The predicted molar refractivity (Wildman–Crippen MR) is 70.7 cm³/mol. The standard InChI is InChI=1S/C13H12FN3O2/c14-12-7-15-4-3-9(12)11-6-16-13-2-1-8(17(18)19)5-10(11)13/h1-3,5-6,12,15-16H,4,7H2. The van der Waals surface area contributed by atoms with Gasteiger partial charge in [0.25, 0.3) is 5.69 Å². The summed E-state index contributed by atoms with van der Waals surface area (Å²) >= 11 is 0. The van der Waals surface area contributed by atoms with E-state index in [1.807, 2.05) is 0 Å². The van der Waals surface area contributed by atoms with Crippen molar-refractivity contribution in [3.8, 4) is 0 Å². The molecule has 0 radical (unpaired) electrons. The lowest BCUT2D eigenvalue weighted by atomic mass is 9.98. The quantitative estimate of drug-likeness (QED) is 0.644. The van der Waals surface area contributed by atoms with Gasteiger partial charge in [-0.3, -0.25) is 10.1 Å². The van der Waals surface area contributed by atoms with Crippen LogP contribution in [0.15, 0.2) is 30.5 Å². The molecule has 0 saturated carbocycles. The number of nitro groups is 1. The first-order chi connectivity index (χ1) is 9.16. The van der Waals surface area contributed by atoms with Crippen molar-refractivity contribution < 1.29 is 9.31 Å². The molecule has 3 rings (SSSR count). The van der Waals surface area contributed by atoms with Gasteiger partial charge in [-0.25, -0.2) is 4.39 Å². The van der Waals surface area contributed by atoms with Gasteiger partial charge in [0.2, 0.25) is 0 Å². The maximum atomic E-state index is 13.9. The summed E-state index contributed by atoms with van der Waals surface area (Å²) in [6, 6.07) is 4.56. The molecule has 5 nitrogen and oxygen atoms in total. The Bertz CT molecular complexity index is 678. The van der Waals surface area contributed by atoms with Gasteiger partial charge in [-0.1, -0.05) is 6.08 Å². The molecular weight excluding hydrogens is 249 g/mol. The molecule has 2 N–H and O–H groups in total. The Balaban J connectivity index is 2.16. The third-order valence-corrected chi connectivity index (χ3v) is 3.31. The van der Waals surface area contributed by atoms with E-state index in [2.05, 4.69) is 10.3 Å². The van der Waals surface area contributed by atoms with Crippen molar-refractivity contribution in [2.75, 3.05) is 13.1 Å². The van der Waals surface area contributed by atoms with E-state index in [-0.39, 0.29) is 12.2 Å². The van der Waals surface area contributed by atoms with Gasteiger partial charge in [0, 0.05) is 47.9 Å². The van der Waals surface area contributed by atoms with Crippen LogP contribution in [0.5, 0.6) is 0 Å². The van der Waals surface area contributed by atoms with Crippen molar-refractivity contribution in [3.63, 3.8) is 0 Å². The summed E-state index contributed by atoms with van der Waals surface area (Å²) in [6.07, 6.45) is 2.40. The second-order valence-electron chi connectivity index (χ2n) is 4.47. The Kier molecular flexibility index (Phi) is 2.79. The number of alkyl halides is 1. The molecule has 19 heavy (non-hydrogen) atoms. The van der Waals surface area contributed by atoms with Gasteiger partial charge in [-0.05, 0) is 11.6 Å². The Morgan fingerprint density at radius 2 is 2.26 bits per heavy atom. The summed E-state index contributed by atoms with van der Waals surface area (Å²) in [7, 11) is 0. The highest BCUT2D eigenvalue weighted by atomic mass is 19.1. The number of halogens is 1. The molecule has 1 aliphatic heterocycles. The van der Waals surface area contributed by atoms with E-state index < -0.39 is 11.1 Å². The minimum absolute atomic E-state index is 0.0123. The largest absolute Gasteiger partial charge is 0.361 e. The molecule has 0 fully saturated rings. The van der Waals surface area contributed by atoms with Crippen LogP contribution >= 0.6 is 0 Å². The maximum absolute atomic E-state index is 13.9. The summed E-state index contributed by atoms with van der Waals surface area (Å²) in [5.74, 6) is 0. The van der Waals surface area contributed by atoms with E-state index in [1.165, 1.54) is 12.1 Å². The van der Waals surface area contributed by atoms with E-state index in [9.17, 15) is 14.5 Å². The molecule has 1 aromatic heterocycles. The smallest absolute Gasteiger partial charge is 0.270 e. The van der Waals surface area contributed by atoms with Gasteiger partial charge >= 0.3 is 0 Å². The van der Waals surface area contributed by atoms with E-state index >= 15 is 0 Å². The first-order valence-corrected chi connectivity index (χ1v) is 5.97. The average molecular weight is 261 g/mol. The van der Waals surface area contributed by atoms with Crippen LogP contribution in [0.2, 0.25) is 0 Å². The molecule has 1 atom stereocenters. The molecule has 1 unspecified atom stereocenters. The zero-order valence-corrected chi connectivity index (χ0v) is 10.0. The molecule has 1 aliphatic rings. The number of H-pyrrole nitrogens is 1. The highest BCUT2D eigenvalue weighted by Gasteiger charge is 2.21. The second-order valence-corrected chi connectivity index (χ2v) is 4.47. The Hall–Kier alpha value is -2.21. The molecule has 0 saturated heterocycles. The molecule has 6 heteroatoms. The molecule has 1 aromatic carbocycles. The normalized spacial score (nSPS) is 19.4. The zero-order chi connectivity index (χ0) is 13.4. The first kappa shape index (κ1) is 11.9. The van der Waals surface area contributed by atoms with Crippen LogP contribution in [0.4, 0.5) is 10.1 Å². The molecular formula is C13H12FN3O2. The van der Waals surface area contributed by atoms with Crippen molar-refractivity contribution in [2.45, 2.75) is 6.17 Å². The van der Waals surface area contributed by atoms with Crippen LogP contribution in [-0.2, 0) is 0 Å². The third-order valence-electron chi connectivity index (χ3n) is 3.31. The van der Waals surface area contributed by atoms with Crippen LogP contribution in [0.25, 0.3) is 16.5 Å². The van der Waals surface area contributed by atoms with E-state index in [0.717, 1.165) is 5.52 Å². The van der Waals surface area contributed by atoms with Gasteiger partial charge in [0.15, 0.2) is 0 Å². The average Bonchev–Trinajstić information content (AvgIpc) is 2.82. The zero-order valence-electron chi connectivity index (χ0n) is 10.0. The number of benzene rings is 1. The lowest BCUT2D eigenvalue weighted by Crippen LogP contribution is -2.29. The summed E-state index contributed by atoms with van der Waals surface area (Å²) in [5, 5.41) is 14.4. The number of aromatic amines is 1. The number of rotatable bonds is 2. The number of hydrogen-bond acceptors (Lipinski definition) is 3. The molecule has 0 aliphatic carbocycles. The Labute approximate surface area is 108 Å². The van der Waals surface area contributed by atoms with Gasteiger partial charge in [-0.2, -0.15) is 0 Å². The SMILES string of the molecule is O=[N+]([O-])c1ccc2[nH]cc(C3=CCNCC3F)c2c1. The molecule has 0 amide bonds. The number of nitrogens with one attached hydrogen (secondary N) is 2. The number of fused-ring (bicyclic) bond motifs is 1. The first-order valence-electron chi connectivity index (χ1n) is 5.97. The summed E-state index contributed by atoms with van der Waals surface area (Å²) in [5.41, 5.74) is 2.07. The van der Waals surface area contributed by atoms with Crippen molar-refractivity contribution in [1.29, 1.82) is 0 Å². The number of aromatic nitrogens is 1. The van der Waals surface area contributed by atoms with Crippen LogP contribution in [0, 0.1) is 10.1 Å². The van der Waals surface area contributed by atoms with Crippen molar-refractivity contribution in [2.24, 2.45) is 0 Å². The molecule has 98 valence electrons. The van der Waals surface area contributed by atoms with Gasteiger partial charge in [0.05, 0.1) is 4.92 Å². The third kappa shape index (κ3) is 2.00. The fourth-order valence-electron chi connectivity index (χ4n) is 2.37. The highest BCUT2D eigenvalue weighted by molar-refractivity contribution is 5.95. The lowest BCUT2D eigenvalue weighted by molar-refractivity contribution is -0.384. The van der Waals surface area contributed by atoms with Crippen LogP contribution in [0.1, 0.15) is 5.56 Å². The van der Waals surface area contributed by atoms with E-state index in [4.69, 9.17) is 0 Å². The number of non-ortho nitro benzene ring substituents is 1. The minimum Gasteiger partial charge on any atom is -0.361 e. The Morgan fingerprint density at radius 1 is 1.42 bits per heavy atom. The van der Waals surface area contributed by atoms with Crippen LogP contribution in [-0.4, -0.2) is 29.2 Å². The highest BCUT2D eigenvalue weighted by Crippen LogP contribution is 2.31. The molecule has 0 bridgehead atoms. The topological polar surface area (TPSA) is 71.0 Å². The van der Waals surface area contributed by atoms with Gasteiger partial charge in [0.1, 0.15) is 6.17 Å². The van der Waals surface area contributed by atoms with Gasteiger partial charge in [-0.15, -0.1) is 0 Å². The fraction of sp³-hybridized carbons (Fsp3) is 0.231. The summed E-state index contributed by atoms with van der Waals surface area (Å²) < 4.78 is 13.9. The number of nitrogens with zero attached hydrogens (tertiary/aromatic N) is 1. The number of nitro benzene ring substituents is 1. The molecule has 2 heterocycles. The van der Waals surface area contributed by atoms with E-state index in [0.29, 0.717) is 23.1 Å². The fourth-order valence-corrected chi connectivity index (χ4v) is 2.37.